The van der Waals surface area contributed by atoms with Gasteiger partial charge in [0.15, 0.2) is 0 Å². The van der Waals surface area contributed by atoms with Crippen molar-refractivity contribution in [2.24, 2.45) is 10.7 Å². The predicted octanol–water partition coefficient (Wildman–Crippen LogP) is 6.20. The smallest absolute Gasteiger partial charge is 0.245 e. The quantitative estimate of drug-likeness (QED) is 0.112. The molecular formula is C30H43N3O3. The summed E-state index contributed by atoms with van der Waals surface area (Å²) in [4.78, 5) is 16.5. The van der Waals surface area contributed by atoms with E-state index in [1.807, 2.05) is 49.4 Å². The van der Waals surface area contributed by atoms with Crippen molar-refractivity contribution in [3.63, 3.8) is 0 Å². The van der Waals surface area contributed by atoms with Gasteiger partial charge in [0, 0.05) is 6.54 Å². The number of unbranched alkanes of at least 4 members (excludes halogenated alkanes) is 5. The van der Waals surface area contributed by atoms with Crippen LogP contribution in [0.5, 0.6) is 11.5 Å². The summed E-state index contributed by atoms with van der Waals surface area (Å²) in [5, 5.41) is 3.00. The van der Waals surface area contributed by atoms with Gasteiger partial charge in [-0.05, 0) is 62.4 Å². The van der Waals surface area contributed by atoms with Gasteiger partial charge in [0.25, 0.3) is 0 Å². The first-order chi connectivity index (χ1) is 17.6. The number of allylic oxidation sites excluding steroid dienone is 1. The van der Waals surface area contributed by atoms with Crippen molar-refractivity contribution < 1.29 is 14.3 Å². The van der Waals surface area contributed by atoms with Crippen molar-refractivity contribution in [3.8, 4) is 11.5 Å². The van der Waals surface area contributed by atoms with Gasteiger partial charge in [-0.3, -0.25) is 9.79 Å². The van der Waals surface area contributed by atoms with E-state index in [9.17, 15) is 4.79 Å². The lowest BCUT2D eigenvalue weighted by atomic mass is 10.1. The van der Waals surface area contributed by atoms with Gasteiger partial charge < -0.3 is 20.5 Å². The van der Waals surface area contributed by atoms with Crippen LogP contribution in [0, 0.1) is 0 Å². The minimum Gasteiger partial charge on any atom is -0.494 e. The highest BCUT2D eigenvalue weighted by atomic mass is 16.5. The van der Waals surface area contributed by atoms with Crippen LogP contribution in [0.2, 0.25) is 0 Å². The Morgan fingerprint density at radius 2 is 1.58 bits per heavy atom. The highest BCUT2D eigenvalue weighted by Gasteiger charge is 2.16. The fourth-order valence-corrected chi connectivity index (χ4v) is 3.88. The third kappa shape index (κ3) is 12.4. The maximum atomic E-state index is 12.4. The van der Waals surface area contributed by atoms with Crippen molar-refractivity contribution in [2.75, 3.05) is 13.2 Å². The molecule has 36 heavy (non-hydrogen) atoms. The zero-order valence-corrected chi connectivity index (χ0v) is 22.0. The Kier molecular flexibility index (Phi) is 14.5. The van der Waals surface area contributed by atoms with Crippen LogP contribution >= 0.6 is 0 Å². The molecule has 2 rings (SSSR count). The summed E-state index contributed by atoms with van der Waals surface area (Å²) in [6, 6.07) is 17.5. The largest absolute Gasteiger partial charge is 0.494 e. The number of benzene rings is 2. The van der Waals surface area contributed by atoms with Gasteiger partial charge in [-0.2, -0.15) is 0 Å². The molecule has 196 valence electrons. The second kappa shape index (κ2) is 18.1. The number of nitrogens with one attached hydrogen (secondary N) is 1. The lowest BCUT2D eigenvalue weighted by molar-refractivity contribution is -0.122. The van der Waals surface area contributed by atoms with E-state index in [0.717, 1.165) is 67.8 Å². The molecular weight excluding hydrogens is 450 g/mol. The lowest BCUT2D eigenvalue weighted by Gasteiger charge is -2.13. The van der Waals surface area contributed by atoms with Crippen LogP contribution < -0.4 is 20.5 Å². The zero-order valence-electron chi connectivity index (χ0n) is 22.0. The minimum absolute atomic E-state index is 0.0477. The van der Waals surface area contributed by atoms with Gasteiger partial charge in [0.05, 0.1) is 12.9 Å². The Balaban J connectivity index is 1.48. The summed E-state index contributed by atoms with van der Waals surface area (Å²) >= 11 is 0. The molecule has 1 amide bonds. The fourth-order valence-electron chi connectivity index (χ4n) is 3.88. The highest BCUT2D eigenvalue weighted by Crippen LogP contribution is 2.19. The SMILES string of the molecule is CC/C=C(\C)CC(N=CN)C(=O)NCCCCCCCCOc1ccc(OCc2ccccc2)cc1. The minimum atomic E-state index is -0.434. The van der Waals surface area contributed by atoms with Crippen molar-refractivity contribution in [2.45, 2.75) is 77.9 Å². The van der Waals surface area contributed by atoms with Gasteiger partial charge in [-0.1, -0.05) is 74.6 Å². The van der Waals surface area contributed by atoms with Gasteiger partial charge in [-0.15, -0.1) is 0 Å². The van der Waals surface area contributed by atoms with Crippen molar-refractivity contribution in [3.05, 3.63) is 71.8 Å². The van der Waals surface area contributed by atoms with Crippen molar-refractivity contribution >= 4 is 12.2 Å². The normalized spacial score (nSPS) is 12.4. The summed E-state index contributed by atoms with van der Waals surface area (Å²) in [5.74, 6) is 1.66. The molecule has 0 spiro atoms. The number of ether oxygens (including phenoxy) is 2. The van der Waals surface area contributed by atoms with Crippen LogP contribution in [0.3, 0.4) is 0 Å². The average Bonchev–Trinajstić information content (AvgIpc) is 2.89. The standard InChI is InChI=1S/C30H43N3O3/c1-3-13-25(2)22-29(33-24-31)30(34)32-20-11-6-4-5-7-12-21-35-27-16-18-28(19-17-27)36-23-26-14-9-8-10-15-26/h8-10,13-19,24,29H,3-7,11-12,20-23H2,1-2H3,(H2,31,33)(H,32,34)/b25-13+. The molecule has 0 heterocycles. The molecule has 0 fully saturated rings. The van der Waals surface area contributed by atoms with Crippen LogP contribution in [0.15, 0.2) is 71.2 Å². The Hall–Kier alpha value is -3.28. The van der Waals surface area contributed by atoms with Gasteiger partial charge in [0.2, 0.25) is 5.91 Å². The molecule has 0 aromatic heterocycles. The number of amides is 1. The van der Waals surface area contributed by atoms with E-state index in [1.54, 1.807) is 0 Å². The first-order valence-corrected chi connectivity index (χ1v) is 13.2. The van der Waals surface area contributed by atoms with Crippen LogP contribution in [0.25, 0.3) is 0 Å². The van der Waals surface area contributed by atoms with Gasteiger partial charge in [0.1, 0.15) is 24.1 Å². The number of carbonyl (C=O) groups is 1. The van der Waals surface area contributed by atoms with Gasteiger partial charge in [-0.25, -0.2) is 0 Å². The van der Waals surface area contributed by atoms with E-state index in [0.29, 0.717) is 19.6 Å². The molecule has 1 atom stereocenters. The number of hydrogen-bond acceptors (Lipinski definition) is 4. The maximum absolute atomic E-state index is 12.4. The topological polar surface area (TPSA) is 85.9 Å². The molecule has 6 nitrogen and oxygen atoms in total. The molecule has 0 bridgehead atoms. The highest BCUT2D eigenvalue weighted by molar-refractivity contribution is 5.83. The number of nitrogens with zero attached hydrogens (tertiary/aromatic N) is 1. The van der Waals surface area contributed by atoms with E-state index in [-0.39, 0.29) is 5.91 Å². The predicted molar refractivity (Wildman–Crippen MR) is 149 cm³/mol. The van der Waals surface area contributed by atoms with Gasteiger partial charge >= 0.3 is 0 Å². The summed E-state index contributed by atoms with van der Waals surface area (Å²) in [5.41, 5.74) is 7.74. The summed E-state index contributed by atoms with van der Waals surface area (Å²) in [6.45, 7) is 6.07. The summed E-state index contributed by atoms with van der Waals surface area (Å²) < 4.78 is 11.7. The Labute approximate surface area is 217 Å². The Bertz CT molecular complexity index is 911. The molecule has 2 aromatic carbocycles. The molecule has 0 aliphatic carbocycles. The lowest BCUT2D eigenvalue weighted by Crippen LogP contribution is -2.34. The molecule has 2 aromatic rings. The number of hydrogen-bond donors (Lipinski definition) is 2. The van der Waals surface area contributed by atoms with Crippen LogP contribution in [0.1, 0.15) is 70.8 Å². The van der Waals surface area contributed by atoms with E-state index in [2.05, 4.69) is 35.4 Å². The fraction of sp³-hybridized carbons (Fsp3) is 0.467. The zero-order chi connectivity index (χ0) is 25.8. The monoisotopic (exact) mass is 493 g/mol. The van der Waals surface area contributed by atoms with Crippen LogP contribution in [-0.2, 0) is 11.4 Å². The second-order valence-corrected chi connectivity index (χ2v) is 8.98. The third-order valence-electron chi connectivity index (χ3n) is 5.85. The molecule has 0 saturated heterocycles. The number of nitrogens with two attached hydrogens (primary N) is 1. The summed E-state index contributed by atoms with van der Waals surface area (Å²) in [7, 11) is 0. The van der Waals surface area contributed by atoms with Crippen LogP contribution in [0.4, 0.5) is 0 Å². The molecule has 0 aliphatic rings. The number of aliphatic imine (C=N–C) groups is 1. The second-order valence-electron chi connectivity index (χ2n) is 8.98. The van der Waals surface area contributed by atoms with E-state index in [4.69, 9.17) is 15.2 Å². The summed E-state index contributed by atoms with van der Waals surface area (Å²) in [6.07, 6.45) is 11.5. The Morgan fingerprint density at radius 1 is 0.944 bits per heavy atom. The van der Waals surface area contributed by atoms with Crippen molar-refractivity contribution in [1.29, 1.82) is 0 Å². The van der Waals surface area contributed by atoms with E-state index in [1.165, 1.54) is 12.8 Å². The molecule has 6 heteroatoms. The molecule has 1 unspecified atom stereocenters. The molecule has 0 radical (unpaired) electrons. The van der Waals surface area contributed by atoms with E-state index >= 15 is 0 Å². The number of carbonyl (C=O) groups excluding carboxylic acids is 1. The van der Waals surface area contributed by atoms with E-state index < -0.39 is 6.04 Å². The molecule has 0 saturated carbocycles. The van der Waals surface area contributed by atoms with Crippen LogP contribution in [-0.4, -0.2) is 31.4 Å². The average molecular weight is 494 g/mol. The van der Waals surface area contributed by atoms with Crippen molar-refractivity contribution in [1.82, 2.24) is 5.32 Å². The maximum Gasteiger partial charge on any atom is 0.245 e. The third-order valence-corrected chi connectivity index (χ3v) is 5.85. The molecule has 3 N–H and O–H groups in total. The number of rotatable bonds is 18. The molecule has 0 aliphatic heterocycles. The first-order valence-electron chi connectivity index (χ1n) is 13.2. The Morgan fingerprint density at radius 3 is 2.25 bits per heavy atom. The first kappa shape index (κ1) is 29.0.